The van der Waals surface area contributed by atoms with Crippen molar-refractivity contribution in [3.05, 3.63) is 56.2 Å². The summed E-state index contributed by atoms with van der Waals surface area (Å²) >= 11 is 5.22. The van der Waals surface area contributed by atoms with Crippen LogP contribution in [0.15, 0.2) is 40.2 Å². The van der Waals surface area contributed by atoms with Gasteiger partial charge in [-0.15, -0.1) is 11.3 Å². The Morgan fingerprint density at radius 1 is 1.38 bits per heavy atom. The SMILES string of the molecule is Cc1sccc1C(NN)c1cccc(Br)c1. The molecule has 1 aromatic heterocycles. The molecule has 1 atom stereocenters. The predicted octanol–water partition coefficient (Wildman–Crippen LogP) is 3.37. The number of thiophene rings is 1. The fraction of sp³-hybridized carbons (Fsp3) is 0.167. The van der Waals surface area contributed by atoms with E-state index in [9.17, 15) is 0 Å². The molecule has 84 valence electrons. The average molecular weight is 297 g/mol. The van der Waals surface area contributed by atoms with Gasteiger partial charge in [0.25, 0.3) is 0 Å². The van der Waals surface area contributed by atoms with E-state index in [0.29, 0.717) is 0 Å². The monoisotopic (exact) mass is 296 g/mol. The van der Waals surface area contributed by atoms with Crippen LogP contribution in [0, 0.1) is 6.92 Å². The Kier molecular flexibility index (Phi) is 3.76. The van der Waals surface area contributed by atoms with Crippen molar-refractivity contribution in [1.29, 1.82) is 0 Å². The summed E-state index contributed by atoms with van der Waals surface area (Å²) in [5.74, 6) is 5.65. The maximum Gasteiger partial charge on any atom is 0.0721 e. The van der Waals surface area contributed by atoms with E-state index in [1.54, 1.807) is 11.3 Å². The number of nitrogens with two attached hydrogens (primary N) is 1. The maximum atomic E-state index is 5.65. The van der Waals surface area contributed by atoms with Crippen molar-refractivity contribution >= 4 is 27.3 Å². The molecule has 16 heavy (non-hydrogen) atoms. The molecule has 2 rings (SSSR count). The van der Waals surface area contributed by atoms with Crippen molar-refractivity contribution in [2.75, 3.05) is 0 Å². The fourth-order valence-corrected chi connectivity index (χ4v) is 2.90. The molecular formula is C12H13BrN2S. The first-order valence-corrected chi connectivity index (χ1v) is 6.65. The molecule has 3 N–H and O–H groups in total. The molecule has 2 aromatic rings. The second-order valence-electron chi connectivity index (χ2n) is 3.59. The Morgan fingerprint density at radius 2 is 2.19 bits per heavy atom. The third-order valence-corrected chi connectivity index (χ3v) is 3.91. The van der Waals surface area contributed by atoms with Crippen LogP contribution in [0.5, 0.6) is 0 Å². The van der Waals surface area contributed by atoms with Crippen molar-refractivity contribution < 1.29 is 0 Å². The van der Waals surface area contributed by atoms with Gasteiger partial charge in [0, 0.05) is 9.35 Å². The smallest absolute Gasteiger partial charge is 0.0721 e. The highest BCUT2D eigenvalue weighted by Gasteiger charge is 2.15. The molecule has 1 aromatic carbocycles. The Morgan fingerprint density at radius 3 is 2.75 bits per heavy atom. The van der Waals surface area contributed by atoms with Crippen molar-refractivity contribution in [2.24, 2.45) is 5.84 Å². The van der Waals surface area contributed by atoms with Crippen molar-refractivity contribution in [2.45, 2.75) is 13.0 Å². The molecule has 0 aliphatic heterocycles. The quantitative estimate of drug-likeness (QED) is 0.673. The molecule has 1 heterocycles. The van der Waals surface area contributed by atoms with E-state index in [1.165, 1.54) is 16.0 Å². The van der Waals surface area contributed by atoms with Crippen LogP contribution >= 0.6 is 27.3 Å². The number of aryl methyl sites for hydroxylation is 1. The molecule has 0 aliphatic carbocycles. The molecule has 0 radical (unpaired) electrons. The minimum absolute atomic E-state index is 0.0590. The van der Waals surface area contributed by atoms with Crippen LogP contribution in [0.3, 0.4) is 0 Å². The molecular weight excluding hydrogens is 284 g/mol. The van der Waals surface area contributed by atoms with Crippen LogP contribution in [0.4, 0.5) is 0 Å². The Hall–Kier alpha value is -0.680. The highest BCUT2D eigenvalue weighted by Crippen LogP contribution is 2.28. The highest BCUT2D eigenvalue weighted by molar-refractivity contribution is 9.10. The second-order valence-corrected chi connectivity index (χ2v) is 5.62. The number of halogens is 1. The normalized spacial score (nSPS) is 12.7. The van der Waals surface area contributed by atoms with Gasteiger partial charge in [0.15, 0.2) is 0 Å². The van der Waals surface area contributed by atoms with E-state index in [4.69, 9.17) is 5.84 Å². The largest absolute Gasteiger partial charge is 0.271 e. The third kappa shape index (κ3) is 2.35. The lowest BCUT2D eigenvalue weighted by molar-refractivity contribution is 0.636. The Balaban J connectivity index is 2.40. The molecule has 0 fully saturated rings. The zero-order valence-electron chi connectivity index (χ0n) is 8.91. The third-order valence-electron chi connectivity index (χ3n) is 2.56. The summed E-state index contributed by atoms with van der Waals surface area (Å²) in [5, 5.41) is 2.09. The first-order valence-electron chi connectivity index (χ1n) is 4.98. The summed E-state index contributed by atoms with van der Waals surface area (Å²) in [4.78, 5) is 1.29. The number of hydrogen-bond donors (Lipinski definition) is 2. The number of hydrogen-bond acceptors (Lipinski definition) is 3. The lowest BCUT2D eigenvalue weighted by atomic mass is 10.0. The lowest BCUT2D eigenvalue weighted by Crippen LogP contribution is -2.28. The summed E-state index contributed by atoms with van der Waals surface area (Å²) in [6, 6.07) is 10.4. The second kappa shape index (κ2) is 5.10. The lowest BCUT2D eigenvalue weighted by Gasteiger charge is -2.16. The van der Waals surface area contributed by atoms with Crippen LogP contribution in [0.1, 0.15) is 22.0 Å². The summed E-state index contributed by atoms with van der Waals surface area (Å²) in [5.41, 5.74) is 5.28. The van der Waals surface area contributed by atoms with E-state index in [2.05, 4.69) is 51.9 Å². The van der Waals surface area contributed by atoms with Crippen LogP contribution in [0.2, 0.25) is 0 Å². The van der Waals surface area contributed by atoms with Gasteiger partial charge in [0.1, 0.15) is 0 Å². The first kappa shape index (κ1) is 11.8. The maximum absolute atomic E-state index is 5.65. The summed E-state index contributed by atoms with van der Waals surface area (Å²) in [7, 11) is 0. The number of rotatable bonds is 3. The molecule has 0 spiro atoms. The predicted molar refractivity (Wildman–Crippen MR) is 72.4 cm³/mol. The van der Waals surface area contributed by atoms with Gasteiger partial charge in [-0.1, -0.05) is 28.1 Å². The molecule has 0 amide bonds. The zero-order valence-corrected chi connectivity index (χ0v) is 11.3. The van der Waals surface area contributed by atoms with Crippen LogP contribution in [-0.2, 0) is 0 Å². The van der Waals surface area contributed by atoms with Gasteiger partial charge < -0.3 is 0 Å². The summed E-state index contributed by atoms with van der Waals surface area (Å²) < 4.78 is 1.07. The number of nitrogens with one attached hydrogen (secondary N) is 1. The van der Waals surface area contributed by atoms with Crippen molar-refractivity contribution in [1.82, 2.24) is 5.43 Å². The zero-order chi connectivity index (χ0) is 11.5. The summed E-state index contributed by atoms with van der Waals surface area (Å²) in [6.07, 6.45) is 0. The average Bonchev–Trinajstić information content (AvgIpc) is 2.67. The van der Waals surface area contributed by atoms with Crippen molar-refractivity contribution in [3.8, 4) is 0 Å². The van der Waals surface area contributed by atoms with Gasteiger partial charge >= 0.3 is 0 Å². The summed E-state index contributed by atoms with van der Waals surface area (Å²) in [6.45, 7) is 2.11. The molecule has 0 aliphatic rings. The Labute approximate surface area is 108 Å². The molecule has 2 nitrogen and oxygen atoms in total. The van der Waals surface area contributed by atoms with E-state index in [1.807, 2.05) is 12.1 Å². The van der Waals surface area contributed by atoms with Crippen LogP contribution < -0.4 is 11.3 Å². The topological polar surface area (TPSA) is 38.0 Å². The Bertz CT molecular complexity index is 481. The van der Waals surface area contributed by atoms with Gasteiger partial charge in [-0.2, -0.15) is 0 Å². The van der Waals surface area contributed by atoms with Gasteiger partial charge in [-0.25, -0.2) is 5.43 Å². The van der Waals surface area contributed by atoms with Crippen LogP contribution in [-0.4, -0.2) is 0 Å². The van der Waals surface area contributed by atoms with Gasteiger partial charge in [-0.3, -0.25) is 5.84 Å². The molecule has 0 bridgehead atoms. The number of benzene rings is 1. The van der Waals surface area contributed by atoms with Crippen LogP contribution in [0.25, 0.3) is 0 Å². The standard InChI is InChI=1S/C12H13BrN2S/c1-8-11(5-6-16-8)12(15-14)9-3-2-4-10(13)7-9/h2-7,12,15H,14H2,1H3. The van der Waals surface area contributed by atoms with E-state index >= 15 is 0 Å². The highest BCUT2D eigenvalue weighted by atomic mass is 79.9. The first-order chi connectivity index (χ1) is 7.72. The van der Waals surface area contributed by atoms with Crippen molar-refractivity contribution in [3.63, 3.8) is 0 Å². The number of hydrazine groups is 1. The molecule has 1 unspecified atom stereocenters. The van der Waals surface area contributed by atoms with E-state index < -0.39 is 0 Å². The molecule has 4 heteroatoms. The van der Waals surface area contributed by atoms with E-state index in [-0.39, 0.29) is 6.04 Å². The molecule has 0 saturated heterocycles. The van der Waals surface area contributed by atoms with E-state index in [0.717, 1.165) is 4.47 Å². The molecule has 0 saturated carbocycles. The minimum Gasteiger partial charge on any atom is -0.271 e. The van der Waals surface area contributed by atoms with Gasteiger partial charge in [0.2, 0.25) is 0 Å². The van der Waals surface area contributed by atoms with Gasteiger partial charge in [-0.05, 0) is 41.6 Å². The fourth-order valence-electron chi connectivity index (χ4n) is 1.75. The minimum atomic E-state index is 0.0590. The van der Waals surface area contributed by atoms with Gasteiger partial charge in [0.05, 0.1) is 6.04 Å².